The van der Waals surface area contributed by atoms with Gasteiger partial charge in [0.1, 0.15) is 5.76 Å². The van der Waals surface area contributed by atoms with Gasteiger partial charge in [-0.25, -0.2) is 0 Å². The van der Waals surface area contributed by atoms with E-state index >= 15 is 0 Å². The number of nitrogens with zero attached hydrogens (tertiary/aromatic N) is 1. The first-order valence-electron chi connectivity index (χ1n) is 5.35. The predicted octanol–water partition coefficient (Wildman–Crippen LogP) is 3.22. The topological polar surface area (TPSA) is 16.4 Å². The SMILES string of the molecule is C=C(CCl)Cc1occc1N1CCCC1. The Morgan fingerprint density at radius 3 is 2.87 bits per heavy atom. The van der Waals surface area contributed by atoms with Crippen molar-refractivity contribution in [2.75, 3.05) is 23.9 Å². The Balaban J connectivity index is 2.10. The largest absolute Gasteiger partial charge is 0.467 e. The zero-order valence-corrected chi connectivity index (χ0v) is 9.59. The third-order valence-electron chi connectivity index (χ3n) is 2.77. The summed E-state index contributed by atoms with van der Waals surface area (Å²) in [5.41, 5.74) is 2.23. The molecule has 0 aliphatic carbocycles. The van der Waals surface area contributed by atoms with Gasteiger partial charge < -0.3 is 9.32 Å². The summed E-state index contributed by atoms with van der Waals surface area (Å²) in [4.78, 5) is 2.38. The van der Waals surface area contributed by atoms with Crippen LogP contribution in [0.2, 0.25) is 0 Å². The molecule has 0 N–H and O–H groups in total. The highest BCUT2D eigenvalue weighted by Crippen LogP contribution is 2.27. The van der Waals surface area contributed by atoms with Crippen molar-refractivity contribution in [3.05, 3.63) is 30.2 Å². The van der Waals surface area contributed by atoms with E-state index in [1.54, 1.807) is 6.26 Å². The molecule has 2 nitrogen and oxygen atoms in total. The molecule has 1 aliphatic heterocycles. The molecule has 2 heterocycles. The van der Waals surface area contributed by atoms with Crippen LogP contribution in [-0.2, 0) is 6.42 Å². The number of hydrogen-bond acceptors (Lipinski definition) is 2. The highest BCUT2D eigenvalue weighted by Gasteiger charge is 2.17. The maximum Gasteiger partial charge on any atom is 0.131 e. The quantitative estimate of drug-likeness (QED) is 0.578. The molecule has 0 spiro atoms. The van der Waals surface area contributed by atoms with Gasteiger partial charge in [-0.05, 0) is 12.8 Å². The monoisotopic (exact) mass is 225 g/mol. The maximum atomic E-state index is 5.73. The van der Waals surface area contributed by atoms with Crippen LogP contribution >= 0.6 is 11.6 Å². The van der Waals surface area contributed by atoms with Crippen molar-refractivity contribution >= 4 is 17.3 Å². The van der Waals surface area contributed by atoms with Crippen molar-refractivity contribution in [3.63, 3.8) is 0 Å². The predicted molar refractivity (Wildman–Crippen MR) is 63.7 cm³/mol. The van der Waals surface area contributed by atoms with Gasteiger partial charge >= 0.3 is 0 Å². The molecule has 1 saturated heterocycles. The first-order valence-corrected chi connectivity index (χ1v) is 5.88. The van der Waals surface area contributed by atoms with Crippen LogP contribution in [0, 0.1) is 0 Å². The van der Waals surface area contributed by atoms with Crippen LogP contribution in [0.5, 0.6) is 0 Å². The standard InChI is InChI=1S/C12H16ClNO/c1-10(9-13)8-12-11(4-7-15-12)14-5-2-3-6-14/h4,7H,1-3,5-6,8-9H2. The van der Waals surface area contributed by atoms with Crippen molar-refractivity contribution in [1.29, 1.82) is 0 Å². The molecular weight excluding hydrogens is 210 g/mol. The second-order valence-corrected chi connectivity index (χ2v) is 4.25. The summed E-state index contributed by atoms with van der Waals surface area (Å²) in [6, 6.07) is 2.04. The molecule has 1 aromatic rings. The van der Waals surface area contributed by atoms with Gasteiger partial charge in [0, 0.05) is 31.5 Å². The van der Waals surface area contributed by atoms with Gasteiger partial charge in [0.15, 0.2) is 0 Å². The fourth-order valence-corrected chi connectivity index (χ4v) is 2.07. The van der Waals surface area contributed by atoms with Crippen LogP contribution in [0.4, 0.5) is 5.69 Å². The molecule has 0 atom stereocenters. The van der Waals surface area contributed by atoms with E-state index in [1.165, 1.54) is 18.5 Å². The summed E-state index contributed by atoms with van der Waals surface area (Å²) in [6.45, 7) is 6.18. The molecule has 0 amide bonds. The van der Waals surface area contributed by atoms with Gasteiger partial charge in [-0.3, -0.25) is 0 Å². The molecule has 0 radical (unpaired) electrons. The number of halogens is 1. The summed E-state index contributed by atoms with van der Waals surface area (Å²) >= 11 is 5.73. The van der Waals surface area contributed by atoms with Crippen molar-refractivity contribution in [3.8, 4) is 0 Å². The lowest BCUT2D eigenvalue weighted by Crippen LogP contribution is -2.18. The molecule has 1 aliphatic rings. The number of rotatable bonds is 4. The first-order chi connectivity index (χ1) is 7.31. The Morgan fingerprint density at radius 1 is 1.47 bits per heavy atom. The summed E-state index contributed by atoms with van der Waals surface area (Å²) in [7, 11) is 0. The summed E-state index contributed by atoms with van der Waals surface area (Å²) in [5.74, 6) is 1.50. The van der Waals surface area contributed by atoms with Crippen LogP contribution in [-0.4, -0.2) is 19.0 Å². The highest BCUT2D eigenvalue weighted by molar-refractivity contribution is 6.19. The van der Waals surface area contributed by atoms with Crippen molar-refractivity contribution < 1.29 is 4.42 Å². The van der Waals surface area contributed by atoms with E-state index < -0.39 is 0 Å². The number of alkyl halides is 1. The van der Waals surface area contributed by atoms with Gasteiger partial charge in [0.05, 0.1) is 12.0 Å². The van der Waals surface area contributed by atoms with Crippen molar-refractivity contribution in [2.45, 2.75) is 19.3 Å². The number of furan rings is 1. The number of hydrogen-bond donors (Lipinski definition) is 0. The second-order valence-electron chi connectivity index (χ2n) is 3.98. The van der Waals surface area contributed by atoms with E-state index in [0.29, 0.717) is 5.88 Å². The summed E-state index contributed by atoms with van der Waals surface area (Å²) < 4.78 is 5.49. The number of allylic oxidation sites excluding steroid dienone is 1. The molecular formula is C12H16ClNO. The molecule has 3 heteroatoms. The Bertz CT molecular complexity index is 339. The number of anilines is 1. The second kappa shape index (κ2) is 4.75. The lowest BCUT2D eigenvalue weighted by atomic mass is 10.2. The Hall–Kier alpha value is -0.890. The third-order valence-corrected chi connectivity index (χ3v) is 3.15. The zero-order chi connectivity index (χ0) is 10.7. The fraction of sp³-hybridized carbons (Fsp3) is 0.500. The molecule has 1 aromatic heterocycles. The van der Waals surface area contributed by atoms with E-state index in [0.717, 1.165) is 30.8 Å². The van der Waals surface area contributed by atoms with Gasteiger partial charge in [-0.1, -0.05) is 12.2 Å². The smallest absolute Gasteiger partial charge is 0.131 e. The fourth-order valence-electron chi connectivity index (χ4n) is 1.98. The molecule has 15 heavy (non-hydrogen) atoms. The van der Waals surface area contributed by atoms with E-state index in [4.69, 9.17) is 16.0 Å². The van der Waals surface area contributed by atoms with E-state index in [9.17, 15) is 0 Å². The Kier molecular flexibility index (Phi) is 3.37. The lowest BCUT2D eigenvalue weighted by molar-refractivity contribution is 0.519. The van der Waals surface area contributed by atoms with Crippen LogP contribution in [0.15, 0.2) is 28.9 Å². The zero-order valence-electron chi connectivity index (χ0n) is 8.84. The van der Waals surface area contributed by atoms with E-state index in [2.05, 4.69) is 11.5 Å². The van der Waals surface area contributed by atoms with Gasteiger partial charge in [0.2, 0.25) is 0 Å². The van der Waals surface area contributed by atoms with Crippen molar-refractivity contribution in [2.24, 2.45) is 0 Å². The minimum absolute atomic E-state index is 0.500. The van der Waals surface area contributed by atoms with Crippen LogP contribution in [0.1, 0.15) is 18.6 Å². The normalized spacial score (nSPS) is 15.9. The molecule has 1 fully saturated rings. The maximum absolute atomic E-state index is 5.73. The highest BCUT2D eigenvalue weighted by atomic mass is 35.5. The lowest BCUT2D eigenvalue weighted by Gasteiger charge is -2.16. The molecule has 0 saturated carbocycles. The average molecular weight is 226 g/mol. The Labute approximate surface area is 95.5 Å². The first kappa shape index (κ1) is 10.6. The molecule has 0 bridgehead atoms. The van der Waals surface area contributed by atoms with Gasteiger partial charge in [-0.15, -0.1) is 11.6 Å². The third kappa shape index (κ3) is 2.37. The molecule has 2 rings (SSSR count). The van der Waals surface area contributed by atoms with Gasteiger partial charge in [-0.2, -0.15) is 0 Å². The van der Waals surface area contributed by atoms with Crippen LogP contribution in [0.25, 0.3) is 0 Å². The molecule has 0 unspecified atom stereocenters. The average Bonchev–Trinajstić information content (AvgIpc) is 2.86. The Morgan fingerprint density at radius 2 is 2.20 bits per heavy atom. The van der Waals surface area contributed by atoms with Gasteiger partial charge in [0.25, 0.3) is 0 Å². The van der Waals surface area contributed by atoms with E-state index in [-0.39, 0.29) is 0 Å². The summed E-state index contributed by atoms with van der Waals surface area (Å²) in [6.07, 6.45) is 5.06. The van der Waals surface area contributed by atoms with E-state index in [1.807, 2.05) is 6.07 Å². The molecule has 82 valence electrons. The summed E-state index contributed by atoms with van der Waals surface area (Å²) in [5, 5.41) is 0. The van der Waals surface area contributed by atoms with Crippen LogP contribution in [0.3, 0.4) is 0 Å². The minimum atomic E-state index is 0.500. The van der Waals surface area contributed by atoms with Crippen molar-refractivity contribution in [1.82, 2.24) is 0 Å². The van der Waals surface area contributed by atoms with Crippen LogP contribution < -0.4 is 4.90 Å². The minimum Gasteiger partial charge on any atom is -0.467 e. The molecule has 0 aromatic carbocycles.